The Morgan fingerprint density at radius 3 is 1.90 bits per heavy atom. The van der Waals surface area contributed by atoms with Gasteiger partial charge in [-0.05, 0) is 54.2 Å². The lowest BCUT2D eigenvalue weighted by Gasteiger charge is -2.32. The molecular formula is C55H88N8O15. The van der Waals surface area contributed by atoms with Crippen molar-refractivity contribution in [2.45, 2.75) is 187 Å². The number of aliphatic hydroxyl groups excluding tert-OH is 4. The fourth-order valence-corrected chi connectivity index (χ4v) is 8.32. The third-order valence-electron chi connectivity index (χ3n) is 13.3. The van der Waals surface area contributed by atoms with Crippen molar-refractivity contribution in [3.05, 3.63) is 54.1 Å². The quantitative estimate of drug-likeness (QED) is 0.0276. The molecule has 0 saturated carbocycles. The Hall–Kier alpha value is -6.27. The number of cyclic esters (lactones) is 1. The number of benzene rings is 1. The van der Waals surface area contributed by atoms with Gasteiger partial charge in [-0.1, -0.05) is 112 Å². The number of ether oxygens (including phenoxy) is 1. The lowest BCUT2D eigenvalue weighted by atomic mass is 9.90. The van der Waals surface area contributed by atoms with E-state index in [4.69, 9.17) is 10.5 Å². The van der Waals surface area contributed by atoms with Crippen molar-refractivity contribution in [3.8, 4) is 5.75 Å². The summed E-state index contributed by atoms with van der Waals surface area (Å²) < 4.78 is 5.63. The SMILES string of the molecule is CCCCCC/C=C\CC(=O)N[C@H](C(=O)N[C@@H](CO)[C@@H](O)CC(=O)N[C@H](C(=O)C(O)[C@H](N)[C@@H](O)CC(=O)N[C@H](C(=O)N[C@@H]1/C=C/C(=O)N[C@@H](C(C)C)C(=O)N(C)[C@@H](Cc2ccc(O)cc2)C(=O)OC1)C(C)C)C(C)C)C(C)C. The van der Waals surface area contributed by atoms with Crippen LogP contribution in [0.1, 0.15) is 119 Å². The molecule has 0 aromatic heterocycles. The van der Waals surface area contributed by atoms with Crippen LogP contribution in [0.4, 0.5) is 0 Å². The number of Topliss-reactive ketones (excluding diaryl/α,β-unsaturated/α-hetero) is 1. The minimum Gasteiger partial charge on any atom is -0.508 e. The summed E-state index contributed by atoms with van der Waals surface area (Å²) in [5, 5.41) is 68.3. The number of nitrogens with zero attached hydrogens (tertiary/aromatic N) is 1. The van der Waals surface area contributed by atoms with Gasteiger partial charge in [0.15, 0.2) is 5.78 Å². The van der Waals surface area contributed by atoms with Crippen molar-refractivity contribution < 1.29 is 73.4 Å². The highest BCUT2D eigenvalue weighted by molar-refractivity contribution is 5.95. The van der Waals surface area contributed by atoms with Crippen LogP contribution in [0.25, 0.3) is 0 Å². The molecule has 1 aromatic rings. The average molecular weight is 1100 g/mol. The number of rotatable bonds is 30. The number of ketones is 1. The van der Waals surface area contributed by atoms with E-state index < -0.39 is 169 Å². The molecule has 0 aliphatic carbocycles. The lowest BCUT2D eigenvalue weighted by molar-refractivity contribution is -0.156. The Kier molecular flexibility index (Phi) is 29.5. The molecule has 1 unspecified atom stereocenters. The summed E-state index contributed by atoms with van der Waals surface area (Å²) in [6.07, 6.45) is 3.93. The highest BCUT2D eigenvalue weighted by Crippen LogP contribution is 2.19. The maximum atomic E-state index is 13.8. The predicted octanol–water partition coefficient (Wildman–Crippen LogP) is 0.0758. The fourth-order valence-electron chi connectivity index (χ4n) is 8.32. The van der Waals surface area contributed by atoms with Gasteiger partial charge in [-0.3, -0.25) is 38.4 Å². The van der Waals surface area contributed by atoms with Gasteiger partial charge in [-0.2, -0.15) is 0 Å². The van der Waals surface area contributed by atoms with E-state index in [0.717, 1.165) is 38.2 Å². The largest absolute Gasteiger partial charge is 0.508 e. The summed E-state index contributed by atoms with van der Waals surface area (Å²) in [6.45, 7) is 13.9. The molecule has 1 aliphatic heterocycles. The number of nitrogens with one attached hydrogen (secondary N) is 6. The van der Waals surface area contributed by atoms with E-state index in [1.54, 1.807) is 59.8 Å². The van der Waals surface area contributed by atoms with E-state index in [-0.39, 0.29) is 18.6 Å². The van der Waals surface area contributed by atoms with Crippen LogP contribution in [0.3, 0.4) is 0 Å². The summed E-state index contributed by atoms with van der Waals surface area (Å²) in [6, 6.07) is -4.31. The Bertz CT molecular complexity index is 2200. The molecule has 23 heteroatoms. The molecule has 7 amide bonds. The van der Waals surface area contributed by atoms with E-state index in [2.05, 4.69) is 38.8 Å². The molecule has 23 nitrogen and oxygen atoms in total. The standard InChI is InChI=1S/C55H88N8O15/c1-11-12-13-14-15-16-17-18-41(68)59-48(32(6)7)53(75)58-37(28-64)39(66)26-43(70)61-46(30(2)3)51(73)50(72)45(56)40(67)27-44(71)62-47(31(4)5)52(74)57-35-21-24-42(69)60-49(33(8)9)54(76)63(10)38(55(77)78-29-35)25-34-19-22-36(65)23-20-34/h16-17,19-24,30-33,35,37-40,45-50,64-67,72H,11-15,18,25-29,56H2,1-10H3,(H,57,74)(H,58,75)(H,59,68)(H,60,69)(H,61,70)(H,62,71)/b17-16-,24-21+/t35-,37+,38+,39+,40+,45-,46+,47+,48+,49+,50?/m1/s1. The molecule has 0 fully saturated rings. The number of likely N-dealkylation sites (N-methyl/N-ethyl adjacent to an activating group) is 1. The molecule has 438 valence electrons. The minimum absolute atomic E-state index is 0.0110. The number of amides is 7. The number of hydrogen-bond donors (Lipinski definition) is 12. The molecule has 0 bridgehead atoms. The van der Waals surface area contributed by atoms with Crippen molar-refractivity contribution in [2.75, 3.05) is 20.3 Å². The van der Waals surface area contributed by atoms with Gasteiger partial charge in [-0.15, -0.1) is 0 Å². The lowest BCUT2D eigenvalue weighted by Crippen LogP contribution is -2.58. The van der Waals surface area contributed by atoms with Crippen LogP contribution in [0.5, 0.6) is 5.75 Å². The van der Waals surface area contributed by atoms with E-state index in [9.17, 15) is 68.7 Å². The maximum absolute atomic E-state index is 13.8. The zero-order valence-electron chi connectivity index (χ0n) is 46.9. The second-order valence-corrected chi connectivity index (χ2v) is 21.3. The van der Waals surface area contributed by atoms with Crippen LogP contribution in [0, 0.1) is 23.7 Å². The van der Waals surface area contributed by atoms with Crippen molar-refractivity contribution in [1.82, 2.24) is 36.8 Å². The van der Waals surface area contributed by atoms with Crippen LogP contribution in [-0.2, 0) is 54.3 Å². The summed E-state index contributed by atoms with van der Waals surface area (Å²) in [5.41, 5.74) is 6.70. The normalized spacial score (nSPS) is 20.0. The first-order chi connectivity index (χ1) is 36.6. The predicted molar refractivity (Wildman–Crippen MR) is 289 cm³/mol. The number of carbonyl (C=O) groups is 9. The molecule has 78 heavy (non-hydrogen) atoms. The van der Waals surface area contributed by atoms with Gasteiger partial charge in [0, 0.05) is 26.0 Å². The summed E-state index contributed by atoms with van der Waals surface area (Å²) in [7, 11) is 1.40. The Morgan fingerprint density at radius 1 is 0.769 bits per heavy atom. The van der Waals surface area contributed by atoms with Crippen LogP contribution in [0.2, 0.25) is 0 Å². The summed E-state index contributed by atoms with van der Waals surface area (Å²) in [5.74, 6) is -8.94. The van der Waals surface area contributed by atoms with Crippen molar-refractivity contribution >= 4 is 53.1 Å². The van der Waals surface area contributed by atoms with E-state index in [1.807, 2.05) is 6.08 Å². The number of phenols is 1. The number of aromatic hydroxyl groups is 1. The smallest absolute Gasteiger partial charge is 0.329 e. The Labute approximate surface area is 458 Å². The van der Waals surface area contributed by atoms with Crippen LogP contribution in [0.15, 0.2) is 48.6 Å². The third kappa shape index (κ3) is 22.6. The molecule has 11 atom stereocenters. The van der Waals surface area contributed by atoms with E-state index in [0.29, 0.717) is 5.56 Å². The first kappa shape index (κ1) is 67.8. The van der Waals surface area contributed by atoms with Crippen LogP contribution >= 0.6 is 0 Å². The zero-order valence-corrected chi connectivity index (χ0v) is 46.9. The number of carbonyl (C=O) groups excluding carboxylic acids is 9. The van der Waals surface area contributed by atoms with Crippen molar-refractivity contribution in [1.29, 1.82) is 0 Å². The topological polar surface area (TPSA) is 365 Å². The molecule has 0 radical (unpaired) electrons. The summed E-state index contributed by atoms with van der Waals surface area (Å²) in [4.78, 5) is 122. The second kappa shape index (κ2) is 33.9. The number of allylic oxidation sites excluding steroid dienone is 1. The summed E-state index contributed by atoms with van der Waals surface area (Å²) >= 11 is 0. The molecule has 2 rings (SSSR count). The third-order valence-corrected chi connectivity index (χ3v) is 13.3. The van der Waals surface area contributed by atoms with Crippen molar-refractivity contribution in [2.24, 2.45) is 29.4 Å². The number of nitrogens with two attached hydrogens (primary N) is 1. The number of hydrogen-bond acceptors (Lipinski definition) is 16. The highest BCUT2D eigenvalue weighted by atomic mass is 16.5. The zero-order chi connectivity index (χ0) is 59.0. The average Bonchev–Trinajstić information content (AvgIpc) is 3.38. The number of unbranched alkanes of at least 4 members (excludes halogenated alkanes) is 4. The highest BCUT2D eigenvalue weighted by Gasteiger charge is 2.39. The van der Waals surface area contributed by atoms with Gasteiger partial charge in [0.05, 0.1) is 55.8 Å². The van der Waals surface area contributed by atoms with E-state index in [1.165, 1.54) is 44.0 Å². The molecule has 13 N–H and O–H groups in total. The molecule has 1 heterocycles. The monoisotopic (exact) mass is 1100 g/mol. The molecule has 0 spiro atoms. The second-order valence-electron chi connectivity index (χ2n) is 21.3. The molecule has 0 saturated heterocycles. The molecular weight excluding hydrogens is 1010 g/mol. The van der Waals surface area contributed by atoms with Gasteiger partial charge in [0.1, 0.15) is 42.6 Å². The fraction of sp³-hybridized carbons (Fsp3) is 0.655. The number of phenolic OH excluding ortho intramolecular Hbond substituents is 1. The Morgan fingerprint density at radius 2 is 1.33 bits per heavy atom. The molecule has 1 aliphatic rings. The van der Waals surface area contributed by atoms with Crippen molar-refractivity contribution in [3.63, 3.8) is 0 Å². The number of aliphatic hydroxyl groups is 4. The van der Waals surface area contributed by atoms with E-state index >= 15 is 0 Å². The van der Waals surface area contributed by atoms with Crippen LogP contribution in [-0.4, -0.2) is 170 Å². The van der Waals surface area contributed by atoms with Crippen LogP contribution < -0.4 is 37.6 Å². The first-order valence-corrected chi connectivity index (χ1v) is 26.9. The Balaban J connectivity index is 2.11. The maximum Gasteiger partial charge on any atom is 0.329 e. The number of esters is 1. The van der Waals surface area contributed by atoms with Gasteiger partial charge in [0.25, 0.3) is 0 Å². The van der Waals surface area contributed by atoms with Gasteiger partial charge >= 0.3 is 5.97 Å². The van der Waals surface area contributed by atoms with Gasteiger partial charge in [-0.25, -0.2) is 4.79 Å². The first-order valence-electron chi connectivity index (χ1n) is 26.9. The van der Waals surface area contributed by atoms with Gasteiger partial charge < -0.3 is 72.8 Å². The van der Waals surface area contributed by atoms with Gasteiger partial charge in [0.2, 0.25) is 41.4 Å². The molecule has 1 aromatic carbocycles. The minimum atomic E-state index is -2.15.